The molecule has 32 heavy (non-hydrogen) atoms. The summed E-state index contributed by atoms with van der Waals surface area (Å²) in [6, 6.07) is 3.43. The Balaban J connectivity index is 1.55. The molecule has 12 heteroatoms. The molecular weight excluding hydrogens is 432 g/mol. The second kappa shape index (κ2) is 9.57. The minimum Gasteiger partial charge on any atom is -0.372 e. The molecule has 2 fully saturated rings. The van der Waals surface area contributed by atoms with Crippen LogP contribution in [0.1, 0.15) is 31.4 Å². The van der Waals surface area contributed by atoms with Crippen LogP contribution < -0.4 is 10.2 Å². The lowest BCUT2D eigenvalue weighted by Crippen LogP contribution is -2.45. The quantitative estimate of drug-likeness (QED) is 0.638. The molecule has 8 nitrogen and oxygen atoms in total. The molecule has 1 unspecified atom stereocenters. The van der Waals surface area contributed by atoms with E-state index < -0.39 is 18.6 Å². The molecule has 0 amide bonds. The zero-order valence-corrected chi connectivity index (χ0v) is 17.7. The molecule has 1 N–H and O–H groups in total. The first kappa shape index (κ1) is 22.7. The van der Waals surface area contributed by atoms with Crippen molar-refractivity contribution in [2.45, 2.75) is 57.3 Å². The molecule has 2 aromatic heterocycles. The van der Waals surface area contributed by atoms with Crippen LogP contribution in [0.5, 0.6) is 0 Å². The Hall–Kier alpha value is -2.47. The van der Waals surface area contributed by atoms with Gasteiger partial charge in [-0.15, -0.1) is 0 Å². The first-order valence-corrected chi connectivity index (χ1v) is 10.6. The van der Waals surface area contributed by atoms with Gasteiger partial charge in [0.25, 0.3) is 0 Å². The van der Waals surface area contributed by atoms with Crippen molar-refractivity contribution in [2.75, 3.05) is 36.5 Å². The summed E-state index contributed by atoms with van der Waals surface area (Å²) in [5.74, 6) is -1.23. The standard InChI is InChI=1S/C20H26F4N6O2/c1-13-4-7-30(28-13)17-10-16(29-8-9-31-15(11-29)12-32-18(21)22)26-19(27-17)25-14-2-5-20(23,24)6-3-14/h4,7,10,14-15,18H,2-3,5-6,8-9,11-12H2,1H3,(H,25,26,27). The third-order valence-electron chi connectivity index (χ3n) is 5.58. The summed E-state index contributed by atoms with van der Waals surface area (Å²) in [6.07, 6.45) is 1.53. The maximum Gasteiger partial charge on any atom is 0.345 e. The Kier molecular flexibility index (Phi) is 6.79. The summed E-state index contributed by atoms with van der Waals surface area (Å²) in [4.78, 5) is 11.0. The van der Waals surface area contributed by atoms with Crippen molar-refractivity contribution < 1.29 is 27.0 Å². The summed E-state index contributed by atoms with van der Waals surface area (Å²) in [7, 11) is 0. The lowest BCUT2D eigenvalue weighted by Gasteiger charge is -2.34. The van der Waals surface area contributed by atoms with E-state index in [0.29, 0.717) is 50.1 Å². The molecule has 2 aliphatic rings. The van der Waals surface area contributed by atoms with Gasteiger partial charge < -0.3 is 19.7 Å². The second-order valence-electron chi connectivity index (χ2n) is 8.12. The monoisotopic (exact) mass is 458 g/mol. The van der Waals surface area contributed by atoms with Crippen molar-refractivity contribution in [1.82, 2.24) is 19.7 Å². The van der Waals surface area contributed by atoms with Crippen LogP contribution in [-0.2, 0) is 9.47 Å². The Morgan fingerprint density at radius 3 is 2.69 bits per heavy atom. The molecule has 1 atom stereocenters. The van der Waals surface area contributed by atoms with E-state index in [1.807, 2.05) is 17.9 Å². The molecule has 1 aliphatic carbocycles. The number of hydrogen-bond acceptors (Lipinski definition) is 7. The van der Waals surface area contributed by atoms with Gasteiger partial charge in [-0.25, -0.2) is 13.5 Å². The van der Waals surface area contributed by atoms with Crippen LogP contribution in [0.4, 0.5) is 29.3 Å². The normalized spacial score (nSPS) is 21.8. The molecule has 3 heterocycles. The van der Waals surface area contributed by atoms with Crippen LogP contribution >= 0.6 is 0 Å². The topological polar surface area (TPSA) is 77.3 Å². The summed E-state index contributed by atoms with van der Waals surface area (Å²) in [5.41, 5.74) is 0.810. The van der Waals surface area contributed by atoms with E-state index in [1.165, 1.54) is 0 Å². The average Bonchev–Trinajstić information content (AvgIpc) is 3.20. The van der Waals surface area contributed by atoms with Crippen molar-refractivity contribution >= 4 is 11.8 Å². The van der Waals surface area contributed by atoms with Gasteiger partial charge >= 0.3 is 6.61 Å². The highest BCUT2D eigenvalue weighted by molar-refractivity contribution is 5.50. The van der Waals surface area contributed by atoms with Gasteiger partial charge in [0.1, 0.15) is 5.82 Å². The van der Waals surface area contributed by atoms with Gasteiger partial charge in [0.15, 0.2) is 5.82 Å². The fourth-order valence-electron chi connectivity index (χ4n) is 3.88. The van der Waals surface area contributed by atoms with Gasteiger partial charge in [-0.1, -0.05) is 0 Å². The SMILES string of the molecule is Cc1ccn(-c2cc(N3CCOC(COC(F)F)C3)nc(NC3CCC(F)(F)CC3)n2)n1. The molecular formula is C20H26F4N6O2. The lowest BCUT2D eigenvalue weighted by atomic mass is 9.92. The molecule has 1 saturated carbocycles. The van der Waals surface area contributed by atoms with Crippen LogP contribution in [0.3, 0.4) is 0 Å². The number of hydrogen-bond donors (Lipinski definition) is 1. The summed E-state index contributed by atoms with van der Waals surface area (Å²) < 4.78 is 63.4. The van der Waals surface area contributed by atoms with E-state index in [2.05, 4.69) is 25.1 Å². The molecule has 0 spiro atoms. The van der Waals surface area contributed by atoms with E-state index in [-0.39, 0.29) is 25.5 Å². The Labute approximate surface area is 182 Å². The first-order valence-electron chi connectivity index (χ1n) is 10.6. The molecule has 2 aromatic rings. The van der Waals surface area contributed by atoms with Crippen molar-refractivity contribution in [1.29, 1.82) is 0 Å². The van der Waals surface area contributed by atoms with Crippen LogP contribution in [0.15, 0.2) is 18.3 Å². The fraction of sp³-hybridized carbons (Fsp3) is 0.650. The molecule has 0 aromatic carbocycles. The number of alkyl halides is 4. The number of aromatic nitrogens is 4. The van der Waals surface area contributed by atoms with Crippen molar-refractivity contribution in [2.24, 2.45) is 0 Å². The van der Waals surface area contributed by atoms with E-state index >= 15 is 0 Å². The minimum atomic E-state index is -2.86. The lowest BCUT2D eigenvalue weighted by molar-refractivity contribution is -0.155. The van der Waals surface area contributed by atoms with E-state index in [1.54, 1.807) is 16.9 Å². The maximum absolute atomic E-state index is 13.5. The predicted octanol–water partition coefficient (Wildman–Crippen LogP) is 3.40. The van der Waals surface area contributed by atoms with Crippen LogP contribution in [0, 0.1) is 6.92 Å². The predicted molar refractivity (Wildman–Crippen MR) is 109 cm³/mol. The number of anilines is 2. The minimum absolute atomic E-state index is 0.158. The summed E-state index contributed by atoms with van der Waals surface area (Å²) in [6.45, 7) is -0.0775. The van der Waals surface area contributed by atoms with Gasteiger partial charge in [-0.05, 0) is 25.8 Å². The smallest absolute Gasteiger partial charge is 0.345 e. The second-order valence-corrected chi connectivity index (χ2v) is 8.12. The maximum atomic E-state index is 13.5. The Morgan fingerprint density at radius 2 is 2.00 bits per heavy atom. The first-order chi connectivity index (χ1) is 15.3. The molecule has 4 rings (SSSR count). The van der Waals surface area contributed by atoms with Crippen LogP contribution in [0.2, 0.25) is 0 Å². The number of halogens is 4. The number of rotatable bonds is 7. The number of ether oxygens (including phenoxy) is 2. The fourth-order valence-corrected chi connectivity index (χ4v) is 3.88. The highest BCUT2D eigenvalue weighted by Crippen LogP contribution is 2.34. The molecule has 1 saturated heterocycles. The Bertz CT molecular complexity index is 902. The third-order valence-corrected chi connectivity index (χ3v) is 5.58. The van der Waals surface area contributed by atoms with Crippen LogP contribution in [-0.4, -0.2) is 70.7 Å². The van der Waals surface area contributed by atoms with Crippen molar-refractivity contribution in [3.63, 3.8) is 0 Å². The molecule has 0 bridgehead atoms. The van der Waals surface area contributed by atoms with Gasteiger partial charge in [0, 0.05) is 44.2 Å². The average molecular weight is 458 g/mol. The summed E-state index contributed by atoms with van der Waals surface area (Å²) in [5, 5.41) is 7.58. The summed E-state index contributed by atoms with van der Waals surface area (Å²) >= 11 is 0. The number of nitrogens with one attached hydrogen (secondary N) is 1. The van der Waals surface area contributed by atoms with Gasteiger partial charge in [-0.2, -0.15) is 23.8 Å². The zero-order chi connectivity index (χ0) is 22.7. The van der Waals surface area contributed by atoms with Crippen molar-refractivity contribution in [3.8, 4) is 5.82 Å². The van der Waals surface area contributed by atoms with Gasteiger partial charge in [0.05, 0.1) is 25.0 Å². The molecule has 1 aliphatic heterocycles. The largest absolute Gasteiger partial charge is 0.372 e. The van der Waals surface area contributed by atoms with E-state index in [0.717, 1.165) is 5.69 Å². The van der Waals surface area contributed by atoms with E-state index in [9.17, 15) is 17.6 Å². The highest BCUT2D eigenvalue weighted by atomic mass is 19.3. The molecule has 176 valence electrons. The van der Waals surface area contributed by atoms with Crippen molar-refractivity contribution in [3.05, 3.63) is 24.0 Å². The van der Waals surface area contributed by atoms with Gasteiger partial charge in [-0.3, -0.25) is 0 Å². The number of nitrogens with zero attached hydrogens (tertiary/aromatic N) is 5. The zero-order valence-electron chi connectivity index (χ0n) is 17.7. The number of morpholine rings is 1. The highest BCUT2D eigenvalue weighted by Gasteiger charge is 2.35. The van der Waals surface area contributed by atoms with Gasteiger partial charge in [0.2, 0.25) is 11.9 Å². The third kappa shape index (κ3) is 5.85. The van der Waals surface area contributed by atoms with E-state index in [4.69, 9.17) is 4.74 Å². The Morgan fingerprint density at radius 1 is 1.25 bits per heavy atom. The van der Waals surface area contributed by atoms with Crippen LogP contribution in [0.25, 0.3) is 5.82 Å². The molecule has 0 radical (unpaired) electrons. The number of aryl methyl sites for hydroxylation is 1.